The van der Waals surface area contributed by atoms with Gasteiger partial charge in [0.25, 0.3) is 0 Å². The lowest BCUT2D eigenvalue weighted by atomic mass is 10.1. The van der Waals surface area contributed by atoms with Gasteiger partial charge in [-0.2, -0.15) is 0 Å². The third-order valence-electron chi connectivity index (χ3n) is 2.90. The van der Waals surface area contributed by atoms with Crippen molar-refractivity contribution < 1.29 is 9.53 Å². The highest BCUT2D eigenvalue weighted by atomic mass is 35.5. The van der Waals surface area contributed by atoms with Crippen molar-refractivity contribution in [2.24, 2.45) is 5.73 Å². The van der Waals surface area contributed by atoms with Gasteiger partial charge < -0.3 is 10.5 Å². The van der Waals surface area contributed by atoms with Crippen LogP contribution in [0, 0.1) is 0 Å². The van der Waals surface area contributed by atoms with Crippen molar-refractivity contribution in [3.8, 4) is 0 Å². The maximum atomic E-state index is 11.8. The lowest BCUT2D eigenvalue weighted by Crippen LogP contribution is -2.34. The molecule has 1 unspecified atom stereocenters. The number of rotatable bonds is 5. The summed E-state index contributed by atoms with van der Waals surface area (Å²) >= 11 is 5.79. The minimum atomic E-state index is -0.648. The normalized spacial score (nSPS) is 11.9. The van der Waals surface area contributed by atoms with E-state index in [0.717, 1.165) is 11.1 Å². The fourth-order valence-corrected chi connectivity index (χ4v) is 1.92. The second kappa shape index (κ2) is 7.08. The Labute approximate surface area is 123 Å². The number of esters is 1. The molecule has 0 aliphatic carbocycles. The zero-order valence-electron chi connectivity index (χ0n) is 11.0. The highest BCUT2D eigenvalue weighted by Crippen LogP contribution is 2.11. The number of nitrogens with two attached hydrogens (primary N) is 1. The summed E-state index contributed by atoms with van der Waals surface area (Å²) < 4.78 is 5.19. The van der Waals surface area contributed by atoms with Crippen LogP contribution in [0.3, 0.4) is 0 Å². The van der Waals surface area contributed by atoms with Crippen LogP contribution >= 0.6 is 11.6 Å². The quantitative estimate of drug-likeness (QED) is 0.861. The molecule has 3 nitrogen and oxygen atoms in total. The van der Waals surface area contributed by atoms with Crippen molar-refractivity contribution >= 4 is 17.6 Å². The van der Waals surface area contributed by atoms with Gasteiger partial charge in [0.2, 0.25) is 0 Å². The number of carbonyl (C=O) groups is 1. The summed E-state index contributed by atoms with van der Waals surface area (Å²) in [6, 6.07) is 16.1. The van der Waals surface area contributed by atoms with Crippen LogP contribution in [0.1, 0.15) is 11.1 Å². The molecule has 0 aliphatic heterocycles. The van der Waals surface area contributed by atoms with Gasteiger partial charge in [0.15, 0.2) is 0 Å². The molecule has 0 spiro atoms. The number of hydrogen-bond acceptors (Lipinski definition) is 3. The second-order valence-corrected chi connectivity index (χ2v) is 4.97. The zero-order valence-corrected chi connectivity index (χ0v) is 11.7. The fourth-order valence-electron chi connectivity index (χ4n) is 1.79. The zero-order chi connectivity index (χ0) is 14.4. The SMILES string of the molecule is NC(Cc1ccccc1)C(=O)OCc1ccc(Cl)cc1. The Balaban J connectivity index is 1.83. The van der Waals surface area contributed by atoms with E-state index in [1.165, 1.54) is 0 Å². The molecular weight excluding hydrogens is 274 g/mol. The lowest BCUT2D eigenvalue weighted by molar-refractivity contribution is -0.146. The molecule has 0 radical (unpaired) electrons. The predicted octanol–water partition coefficient (Wildman–Crippen LogP) is 2.95. The van der Waals surface area contributed by atoms with Crippen molar-refractivity contribution in [1.82, 2.24) is 0 Å². The van der Waals surface area contributed by atoms with Crippen LogP contribution in [0.15, 0.2) is 54.6 Å². The molecule has 1 atom stereocenters. The smallest absolute Gasteiger partial charge is 0.323 e. The van der Waals surface area contributed by atoms with Gasteiger partial charge in [-0.05, 0) is 29.7 Å². The summed E-state index contributed by atoms with van der Waals surface area (Å²) in [7, 11) is 0. The average molecular weight is 290 g/mol. The topological polar surface area (TPSA) is 52.3 Å². The Bertz CT molecular complexity index is 554. The molecule has 2 rings (SSSR count). The molecule has 0 saturated heterocycles. The maximum Gasteiger partial charge on any atom is 0.323 e. The fraction of sp³-hybridized carbons (Fsp3) is 0.188. The molecule has 4 heteroatoms. The van der Waals surface area contributed by atoms with E-state index in [0.29, 0.717) is 11.4 Å². The molecule has 2 aromatic carbocycles. The molecule has 0 bridgehead atoms. The number of carbonyl (C=O) groups excluding carboxylic acids is 1. The van der Waals surface area contributed by atoms with E-state index in [-0.39, 0.29) is 6.61 Å². The van der Waals surface area contributed by atoms with E-state index >= 15 is 0 Å². The molecule has 0 aliphatic rings. The second-order valence-electron chi connectivity index (χ2n) is 4.53. The molecule has 0 fully saturated rings. The monoisotopic (exact) mass is 289 g/mol. The first-order valence-electron chi connectivity index (χ1n) is 6.36. The summed E-state index contributed by atoms with van der Waals surface area (Å²) in [4.78, 5) is 11.8. The largest absolute Gasteiger partial charge is 0.460 e. The summed E-state index contributed by atoms with van der Waals surface area (Å²) in [5.41, 5.74) is 7.74. The van der Waals surface area contributed by atoms with Gasteiger partial charge in [-0.25, -0.2) is 0 Å². The van der Waals surface area contributed by atoms with Crippen molar-refractivity contribution in [2.75, 3.05) is 0 Å². The molecule has 0 saturated carbocycles. The van der Waals surface area contributed by atoms with Crippen LogP contribution in [0.25, 0.3) is 0 Å². The molecule has 0 heterocycles. The Hall–Kier alpha value is -1.84. The summed E-state index contributed by atoms with van der Waals surface area (Å²) in [5.74, 6) is -0.399. The summed E-state index contributed by atoms with van der Waals surface area (Å²) in [5, 5.41) is 0.654. The lowest BCUT2D eigenvalue weighted by Gasteiger charge is -2.11. The third kappa shape index (κ3) is 4.37. The Kier molecular flexibility index (Phi) is 5.16. The van der Waals surface area contributed by atoms with Crippen LogP contribution in [-0.2, 0) is 22.6 Å². The van der Waals surface area contributed by atoms with Gasteiger partial charge >= 0.3 is 5.97 Å². The van der Waals surface area contributed by atoms with E-state index in [2.05, 4.69) is 0 Å². The van der Waals surface area contributed by atoms with E-state index in [9.17, 15) is 4.79 Å². The maximum absolute atomic E-state index is 11.8. The van der Waals surface area contributed by atoms with Gasteiger partial charge in [-0.1, -0.05) is 54.1 Å². The first kappa shape index (κ1) is 14.6. The molecule has 0 aromatic heterocycles. The first-order valence-corrected chi connectivity index (χ1v) is 6.73. The van der Waals surface area contributed by atoms with E-state index in [4.69, 9.17) is 22.1 Å². The van der Waals surface area contributed by atoms with Gasteiger partial charge in [-0.15, -0.1) is 0 Å². The van der Waals surface area contributed by atoms with Crippen molar-refractivity contribution in [3.63, 3.8) is 0 Å². The summed E-state index contributed by atoms with van der Waals surface area (Å²) in [6.07, 6.45) is 0.473. The van der Waals surface area contributed by atoms with Crippen LogP contribution in [0.2, 0.25) is 5.02 Å². The highest BCUT2D eigenvalue weighted by Gasteiger charge is 2.15. The van der Waals surface area contributed by atoms with Gasteiger partial charge in [0.05, 0.1) is 0 Å². The standard InChI is InChI=1S/C16H16ClNO2/c17-14-8-6-13(7-9-14)11-20-16(19)15(18)10-12-4-2-1-3-5-12/h1-9,15H,10-11,18H2. The van der Waals surface area contributed by atoms with E-state index < -0.39 is 12.0 Å². The van der Waals surface area contributed by atoms with E-state index in [1.54, 1.807) is 12.1 Å². The van der Waals surface area contributed by atoms with Crippen LogP contribution in [-0.4, -0.2) is 12.0 Å². The predicted molar refractivity (Wildman–Crippen MR) is 79.4 cm³/mol. The van der Waals surface area contributed by atoms with Gasteiger partial charge in [-0.3, -0.25) is 4.79 Å². The summed E-state index contributed by atoms with van der Waals surface area (Å²) in [6.45, 7) is 0.207. The number of hydrogen-bond donors (Lipinski definition) is 1. The number of benzene rings is 2. The Morgan fingerprint density at radius 3 is 2.35 bits per heavy atom. The Morgan fingerprint density at radius 2 is 1.70 bits per heavy atom. The highest BCUT2D eigenvalue weighted by molar-refractivity contribution is 6.30. The number of ether oxygens (including phenoxy) is 1. The van der Waals surface area contributed by atoms with Gasteiger partial charge in [0, 0.05) is 5.02 Å². The molecule has 20 heavy (non-hydrogen) atoms. The van der Waals surface area contributed by atoms with Crippen molar-refractivity contribution in [1.29, 1.82) is 0 Å². The van der Waals surface area contributed by atoms with Gasteiger partial charge in [0.1, 0.15) is 12.6 Å². The third-order valence-corrected chi connectivity index (χ3v) is 3.15. The molecule has 2 N–H and O–H groups in total. The molecule has 0 amide bonds. The van der Waals surface area contributed by atoms with E-state index in [1.807, 2.05) is 42.5 Å². The van der Waals surface area contributed by atoms with Crippen LogP contribution in [0.5, 0.6) is 0 Å². The van der Waals surface area contributed by atoms with Crippen molar-refractivity contribution in [3.05, 3.63) is 70.7 Å². The minimum Gasteiger partial charge on any atom is -0.460 e. The molecule has 104 valence electrons. The first-order chi connectivity index (χ1) is 9.65. The molecular formula is C16H16ClNO2. The minimum absolute atomic E-state index is 0.207. The average Bonchev–Trinajstić information content (AvgIpc) is 2.47. The molecule has 2 aromatic rings. The van der Waals surface area contributed by atoms with Crippen LogP contribution in [0.4, 0.5) is 0 Å². The Morgan fingerprint density at radius 1 is 1.05 bits per heavy atom. The number of halogens is 1. The van der Waals surface area contributed by atoms with Crippen LogP contribution < -0.4 is 5.73 Å². The van der Waals surface area contributed by atoms with Crippen molar-refractivity contribution in [2.45, 2.75) is 19.1 Å².